The number of carbonyl (C=O) groups is 1. The van der Waals surface area contributed by atoms with Gasteiger partial charge in [0.05, 0.1) is 11.4 Å². The molecule has 3 heterocycles. The predicted octanol–water partition coefficient (Wildman–Crippen LogP) is 2.43. The lowest BCUT2D eigenvalue weighted by Crippen LogP contribution is -2.26. The summed E-state index contributed by atoms with van der Waals surface area (Å²) >= 11 is 0. The third-order valence-corrected chi connectivity index (χ3v) is 5.72. The lowest BCUT2D eigenvalue weighted by Gasteiger charge is -2.29. The summed E-state index contributed by atoms with van der Waals surface area (Å²) in [7, 11) is -3.43. The molecule has 0 aliphatic carbocycles. The lowest BCUT2D eigenvalue weighted by atomic mass is 9.82. The van der Waals surface area contributed by atoms with Gasteiger partial charge in [0.25, 0.3) is 0 Å². The summed E-state index contributed by atoms with van der Waals surface area (Å²) in [6.45, 7) is 2.66. The Morgan fingerprint density at radius 2 is 2.26 bits per heavy atom. The van der Waals surface area contributed by atoms with E-state index < -0.39 is 21.7 Å². The topological polar surface area (TPSA) is 89.3 Å². The van der Waals surface area contributed by atoms with Crippen LogP contribution in [-0.4, -0.2) is 35.3 Å². The van der Waals surface area contributed by atoms with Gasteiger partial charge in [-0.1, -0.05) is 6.92 Å². The number of aryl methyl sites for hydroxylation is 1. The second-order valence-electron chi connectivity index (χ2n) is 6.14. The van der Waals surface area contributed by atoms with E-state index in [-0.39, 0.29) is 10.9 Å². The molecular formula is C16H20N2O4S. The van der Waals surface area contributed by atoms with Gasteiger partial charge in [0.1, 0.15) is 0 Å². The number of nitrogens with zero attached hydrogens (tertiary/aromatic N) is 2. The van der Waals surface area contributed by atoms with E-state index in [1.54, 1.807) is 6.07 Å². The minimum Gasteiger partial charge on any atom is -0.481 e. The van der Waals surface area contributed by atoms with Crippen molar-refractivity contribution in [1.82, 2.24) is 9.55 Å². The van der Waals surface area contributed by atoms with Crippen molar-refractivity contribution >= 4 is 26.7 Å². The fourth-order valence-electron chi connectivity index (χ4n) is 3.69. The van der Waals surface area contributed by atoms with Crippen molar-refractivity contribution in [3.05, 3.63) is 24.0 Å². The van der Waals surface area contributed by atoms with Gasteiger partial charge >= 0.3 is 5.97 Å². The van der Waals surface area contributed by atoms with E-state index in [1.165, 1.54) is 6.20 Å². The van der Waals surface area contributed by atoms with Crippen LogP contribution in [0.5, 0.6) is 0 Å². The van der Waals surface area contributed by atoms with E-state index in [4.69, 9.17) is 0 Å². The maximum atomic E-state index is 12.0. The quantitative estimate of drug-likeness (QED) is 0.926. The van der Waals surface area contributed by atoms with Crippen molar-refractivity contribution in [2.24, 2.45) is 5.92 Å². The van der Waals surface area contributed by atoms with E-state index in [1.807, 2.05) is 13.0 Å². The summed E-state index contributed by atoms with van der Waals surface area (Å²) in [5.74, 6) is -1.34. The first-order valence-corrected chi connectivity index (χ1v) is 9.64. The molecule has 0 amide bonds. The molecule has 2 unspecified atom stereocenters. The molecule has 0 fully saturated rings. The first kappa shape index (κ1) is 16.0. The van der Waals surface area contributed by atoms with Crippen LogP contribution in [0, 0.1) is 5.92 Å². The van der Waals surface area contributed by atoms with Crippen LogP contribution in [-0.2, 0) is 21.2 Å². The van der Waals surface area contributed by atoms with Gasteiger partial charge in [0, 0.05) is 36.0 Å². The van der Waals surface area contributed by atoms with Gasteiger partial charge in [-0.3, -0.25) is 4.79 Å². The number of hydrogen-bond donors (Lipinski definition) is 1. The van der Waals surface area contributed by atoms with Gasteiger partial charge in [-0.25, -0.2) is 13.4 Å². The van der Waals surface area contributed by atoms with E-state index in [0.717, 1.165) is 36.9 Å². The second-order valence-corrected chi connectivity index (χ2v) is 8.07. The number of carboxylic acid groups (broad SMARTS) is 1. The molecule has 2 atom stereocenters. The van der Waals surface area contributed by atoms with Crippen molar-refractivity contribution in [2.75, 3.05) is 6.26 Å². The highest BCUT2D eigenvalue weighted by Crippen LogP contribution is 2.39. The molecule has 0 radical (unpaired) electrons. The number of hydrogen-bond acceptors (Lipinski definition) is 4. The SMILES string of the molecule is CCC(C(=O)O)C1CCCn2c1cc1c(S(C)(=O)=O)nccc12. The molecule has 2 aromatic rings. The third-order valence-electron chi connectivity index (χ3n) is 4.70. The van der Waals surface area contributed by atoms with Crippen molar-refractivity contribution in [3.8, 4) is 0 Å². The number of aliphatic carboxylic acids is 1. The molecule has 0 saturated heterocycles. The van der Waals surface area contributed by atoms with Crippen LogP contribution < -0.4 is 0 Å². The molecule has 2 aromatic heterocycles. The summed E-state index contributed by atoms with van der Waals surface area (Å²) in [6.07, 6.45) is 4.91. The summed E-state index contributed by atoms with van der Waals surface area (Å²) < 4.78 is 26.0. The van der Waals surface area contributed by atoms with E-state index >= 15 is 0 Å². The van der Waals surface area contributed by atoms with Crippen molar-refractivity contribution < 1.29 is 18.3 Å². The standard InChI is InChI=1S/C16H20N2O4S/c1-3-10(16(19)20)11-5-4-8-18-13-6-7-17-15(23(2,21)22)12(13)9-14(11)18/h6-7,9-11H,3-5,8H2,1-2H3,(H,19,20). The smallest absolute Gasteiger partial charge is 0.307 e. The minimum atomic E-state index is -3.43. The normalized spacial score (nSPS) is 19.5. The number of rotatable bonds is 4. The number of pyridine rings is 1. The lowest BCUT2D eigenvalue weighted by molar-refractivity contribution is -0.142. The molecule has 3 rings (SSSR count). The highest BCUT2D eigenvalue weighted by atomic mass is 32.2. The first-order valence-electron chi connectivity index (χ1n) is 7.75. The molecule has 1 aliphatic rings. The largest absolute Gasteiger partial charge is 0.481 e. The molecule has 0 bridgehead atoms. The van der Waals surface area contributed by atoms with Gasteiger partial charge in [-0.15, -0.1) is 0 Å². The molecule has 124 valence electrons. The zero-order chi connectivity index (χ0) is 16.8. The molecule has 6 nitrogen and oxygen atoms in total. The highest BCUT2D eigenvalue weighted by molar-refractivity contribution is 7.90. The highest BCUT2D eigenvalue weighted by Gasteiger charge is 2.33. The van der Waals surface area contributed by atoms with E-state index in [9.17, 15) is 18.3 Å². The maximum absolute atomic E-state index is 12.0. The van der Waals surface area contributed by atoms with Crippen molar-refractivity contribution in [2.45, 2.75) is 43.7 Å². The fraction of sp³-hybridized carbons (Fsp3) is 0.500. The molecule has 0 saturated carbocycles. The van der Waals surface area contributed by atoms with Crippen LogP contribution in [0.25, 0.3) is 10.9 Å². The Bertz CT molecular complexity index is 870. The van der Waals surface area contributed by atoms with Crippen LogP contribution in [0.4, 0.5) is 0 Å². The first-order chi connectivity index (χ1) is 10.8. The van der Waals surface area contributed by atoms with Crippen LogP contribution in [0.2, 0.25) is 0 Å². The van der Waals surface area contributed by atoms with Crippen molar-refractivity contribution in [3.63, 3.8) is 0 Å². The third kappa shape index (κ3) is 2.63. The van der Waals surface area contributed by atoms with Gasteiger partial charge in [0.2, 0.25) is 0 Å². The Morgan fingerprint density at radius 3 is 2.87 bits per heavy atom. The summed E-state index contributed by atoms with van der Waals surface area (Å²) in [5.41, 5.74) is 1.73. The van der Waals surface area contributed by atoms with Crippen LogP contribution in [0.15, 0.2) is 23.4 Å². The average molecular weight is 336 g/mol. The van der Waals surface area contributed by atoms with E-state index in [0.29, 0.717) is 11.8 Å². The summed E-state index contributed by atoms with van der Waals surface area (Å²) in [4.78, 5) is 15.6. The monoisotopic (exact) mass is 336 g/mol. The Hall–Kier alpha value is -1.89. The Labute approximate surface area is 135 Å². The summed E-state index contributed by atoms with van der Waals surface area (Å²) in [6, 6.07) is 3.63. The van der Waals surface area contributed by atoms with Gasteiger partial charge in [0.15, 0.2) is 14.9 Å². The van der Waals surface area contributed by atoms with Gasteiger partial charge in [-0.2, -0.15) is 0 Å². The number of carboxylic acids is 1. The van der Waals surface area contributed by atoms with Crippen LogP contribution in [0.3, 0.4) is 0 Å². The van der Waals surface area contributed by atoms with Crippen LogP contribution in [0.1, 0.15) is 37.8 Å². The Balaban J connectivity index is 2.24. The number of sulfone groups is 1. The molecule has 0 spiro atoms. The zero-order valence-corrected chi connectivity index (χ0v) is 14.0. The predicted molar refractivity (Wildman–Crippen MR) is 86.2 cm³/mol. The minimum absolute atomic E-state index is 0.0685. The molecular weight excluding hydrogens is 316 g/mol. The van der Waals surface area contributed by atoms with Gasteiger partial charge in [-0.05, 0) is 31.4 Å². The zero-order valence-electron chi connectivity index (χ0n) is 13.2. The fourth-order valence-corrected chi connectivity index (χ4v) is 4.50. The maximum Gasteiger partial charge on any atom is 0.307 e. The Kier molecular flexibility index (Phi) is 3.91. The number of aromatic nitrogens is 2. The molecule has 1 N–H and O–H groups in total. The molecule has 7 heteroatoms. The number of fused-ring (bicyclic) bond motifs is 3. The van der Waals surface area contributed by atoms with Gasteiger partial charge < -0.3 is 9.67 Å². The average Bonchev–Trinajstić information content (AvgIpc) is 2.86. The molecule has 1 aliphatic heterocycles. The molecule has 23 heavy (non-hydrogen) atoms. The second kappa shape index (κ2) is 5.63. The Morgan fingerprint density at radius 1 is 1.52 bits per heavy atom. The molecule has 0 aromatic carbocycles. The summed E-state index contributed by atoms with van der Waals surface area (Å²) in [5, 5.41) is 10.2. The van der Waals surface area contributed by atoms with Crippen LogP contribution >= 0.6 is 0 Å². The van der Waals surface area contributed by atoms with E-state index in [2.05, 4.69) is 9.55 Å². The van der Waals surface area contributed by atoms with Crippen molar-refractivity contribution in [1.29, 1.82) is 0 Å².